The highest BCUT2D eigenvalue weighted by Gasteiger charge is 2.29. The molecule has 2 atom stereocenters. The molecule has 0 spiro atoms. The first-order chi connectivity index (χ1) is 22.0. The summed E-state index contributed by atoms with van der Waals surface area (Å²) in [4.78, 5) is 25.6. The third-order valence-electron chi connectivity index (χ3n) is 8.57. The first-order valence-electron chi connectivity index (χ1n) is 15.5. The molecule has 1 aliphatic heterocycles. The SMILES string of the molecule is N#Cc1cccc(CC(=O)Nc2nnc(C3CCCC(c4nnc(NC(=O)CC5=CC=CCC(C6CCNCC6)=C5)s4)C3)s2)c1. The van der Waals surface area contributed by atoms with Crippen LogP contribution in [0.2, 0.25) is 0 Å². The van der Waals surface area contributed by atoms with Gasteiger partial charge in [0.25, 0.3) is 0 Å². The number of carbonyl (C=O) groups is 2. The third-order valence-corrected chi connectivity index (χ3v) is 10.6. The first kappa shape index (κ1) is 31.0. The third kappa shape index (κ3) is 8.36. The van der Waals surface area contributed by atoms with E-state index < -0.39 is 0 Å². The molecule has 2 aliphatic carbocycles. The predicted octanol–water partition coefficient (Wildman–Crippen LogP) is 6.02. The fourth-order valence-electron chi connectivity index (χ4n) is 6.32. The van der Waals surface area contributed by atoms with Crippen LogP contribution < -0.4 is 16.0 Å². The summed E-state index contributed by atoms with van der Waals surface area (Å²) in [5, 5.41) is 38.6. The molecule has 3 N–H and O–H groups in total. The molecule has 0 radical (unpaired) electrons. The van der Waals surface area contributed by atoms with E-state index in [-0.39, 0.29) is 30.1 Å². The molecule has 12 heteroatoms. The number of nitrogens with zero attached hydrogens (tertiary/aromatic N) is 5. The predicted molar refractivity (Wildman–Crippen MR) is 176 cm³/mol. The van der Waals surface area contributed by atoms with E-state index in [1.807, 2.05) is 12.1 Å². The number of piperidine rings is 1. The Morgan fingerprint density at radius 2 is 1.60 bits per heavy atom. The summed E-state index contributed by atoms with van der Waals surface area (Å²) in [6, 6.07) is 9.13. The summed E-state index contributed by atoms with van der Waals surface area (Å²) in [5.74, 6) is 0.754. The van der Waals surface area contributed by atoms with Crippen molar-refractivity contribution in [3.8, 4) is 6.07 Å². The van der Waals surface area contributed by atoms with Crippen LogP contribution in [0.5, 0.6) is 0 Å². The van der Waals surface area contributed by atoms with Crippen LogP contribution in [0.15, 0.2) is 59.7 Å². The second-order valence-electron chi connectivity index (χ2n) is 11.8. The van der Waals surface area contributed by atoms with Crippen LogP contribution in [-0.2, 0) is 16.0 Å². The number of aromatic nitrogens is 4. The maximum Gasteiger partial charge on any atom is 0.230 e. The maximum absolute atomic E-state index is 13.0. The van der Waals surface area contributed by atoms with Gasteiger partial charge in [0.2, 0.25) is 22.1 Å². The van der Waals surface area contributed by atoms with Crippen molar-refractivity contribution in [2.75, 3.05) is 23.7 Å². The average molecular weight is 641 g/mol. The summed E-state index contributed by atoms with van der Waals surface area (Å²) in [6.07, 6.45) is 16.1. The highest BCUT2D eigenvalue weighted by Crippen LogP contribution is 2.43. The lowest BCUT2D eigenvalue weighted by molar-refractivity contribution is -0.116. The second kappa shape index (κ2) is 14.8. The highest BCUT2D eigenvalue weighted by molar-refractivity contribution is 7.15. The summed E-state index contributed by atoms with van der Waals surface area (Å²) < 4.78 is 0. The zero-order valence-electron chi connectivity index (χ0n) is 25.0. The van der Waals surface area contributed by atoms with Crippen molar-refractivity contribution < 1.29 is 9.59 Å². The molecule has 6 rings (SSSR count). The van der Waals surface area contributed by atoms with Crippen molar-refractivity contribution in [3.05, 3.63) is 80.9 Å². The van der Waals surface area contributed by atoms with Crippen molar-refractivity contribution >= 4 is 44.8 Å². The number of carbonyl (C=O) groups excluding carboxylic acids is 2. The van der Waals surface area contributed by atoms with Crippen molar-refractivity contribution in [3.63, 3.8) is 0 Å². The van der Waals surface area contributed by atoms with Gasteiger partial charge >= 0.3 is 0 Å². The number of anilines is 2. The number of nitrogens with one attached hydrogen (secondary N) is 3. The van der Waals surface area contributed by atoms with E-state index in [0.717, 1.165) is 79.2 Å². The number of hydrogen-bond acceptors (Lipinski definition) is 10. The van der Waals surface area contributed by atoms with Crippen LogP contribution in [0.1, 0.15) is 84.3 Å². The summed E-state index contributed by atoms with van der Waals surface area (Å²) in [7, 11) is 0. The average Bonchev–Trinajstić information content (AvgIpc) is 3.66. The van der Waals surface area contributed by atoms with E-state index >= 15 is 0 Å². The minimum Gasteiger partial charge on any atom is -0.317 e. The Hall–Kier alpha value is -4.05. The molecule has 1 aromatic carbocycles. The van der Waals surface area contributed by atoms with Crippen molar-refractivity contribution in [1.82, 2.24) is 25.7 Å². The zero-order valence-corrected chi connectivity index (χ0v) is 26.6. The van der Waals surface area contributed by atoms with Gasteiger partial charge in [-0.15, -0.1) is 20.4 Å². The van der Waals surface area contributed by atoms with E-state index in [0.29, 0.717) is 28.2 Å². The Kier molecular flexibility index (Phi) is 10.2. The number of rotatable bonds is 9. The summed E-state index contributed by atoms with van der Waals surface area (Å²) in [6.45, 7) is 2.10. The van der Waals surface area contributed by atoms with Gasteiger partial charge in [0.15, 0.2) is 0 Å². The monoisotopic (exact) mass is 640 g/mol. The minimum atomic E-state index is -0.192. The number of amides is 2. The van der Waals surface area contributed by atoms with Gasteiger partial charge in [0.05, 0.1) is 24.5 Å². The van der Waals surface area contributed by atoms with E-state index in [9.17, 15) is 9.59 Å². The molecule has 1 saturated carbocycles. The Morgan fingerprint density at radius 3 is 2.29 bits per heavy atom. The fraction of sp³-hybridized carbons (Fsp3) is 0.424. The Balaban J connectivity index is 1.01. The van der Waals surface area contributed by atoms with Crippen LogP contribution in [0.25, 0.3) is 0 Å². The Labute approximate surface area is 270 Å². The van der Waals surface area contributed by atoms with Gasteiger partial charge in [-0.05, 0) is 80.8 Å². The molecule has 2 fully saturated rings. The van der Waals surface area contributed by atoms with Crippen LogP contribution in [-0.4, -0.2) is 45.3 Å². The van der Waals surface area contributed by atoms with E-state index in [1.165, 1.54) is 28.2 Å². The standard InChI is InChI=1S/C33H36N8O2S2/c34-20-23-7-3-6-21(15-23)17-28(42)36-32-40-38-30(44-32)26-9-4-10-27(19-26)31-39-41-33(45-31)37-29(43)18-22-5-1-2-8-25(16-22)24-11-13-35-14-12-24/h1-3,5-7,15-16,24,26-27,35H,4,8-14,17-19H2,(H,36,40,42)(H,37,41,43). The maximum atomic E-state index is 13.0. The summed E-state index contributed by atoms with van der Waals surface area (Å²) >= 11 is 2.86. The second-order valence-corrected chi connectivity index (χ2v) is 13.8. The molecule has 232 valence electrons. The van der Waals surface area contributed by atoms with Gasteiger partial charge in [-0.3, -0.25) is 9.59 Å². The van der Waals surface area contributed by atoms with Gasteiger partial charge in [-0.1, -0.05) is 71.1 Å². The van der Waals surface area contributed by atoms with Crippen LogP contribution >= 0.6 is 22.7 Å². The molecule has 3 heterocycles. The lowest BCUT2D eigenvalue weighted by Crippen LogP contribution is -2.28. The summed E-state index contributed by atoms with van der Waals surface area (Å²) in [5.41, 5.74) is 3.74. The molecule has 2 unspecified atom stereocenters. The molecule has 2 aromatic heterocycles. The molecular weight excluding hydrogens is 605 g/mol. The van der Waals surface area contributed by atoms with Gasteiger partial charge in [0, 0.05) is 11.8 Å². The fourth-order valence-corrected chi connectivity index (χ4v) is 8.13. The van der Waals surface area contributed by atoms with Gasteiger partial charge in [0.1, 0.15) is 10.0 Å². The molecule has 10 nitrogen and oxygen atoms in total. The van der Waals surface area contributed by atoms with Gasteiger partial charge in [-0.25, -0.2) is 0 Å². The molecule has 1 saturated heterocycles. The topological polar surface area (TPSA) is 146 Å². The lowest BCUT2D eigenvalue weighted by Gasteiger charge is -2.25. The van der Waals surface area contributed by atoms with Crippen LogP contribution in [0.4, 0.5) is 10.3 Å². The van der Waals surface area contributed by atoms with Crippen molar-refractivity contribution in [1.29, 1.82) is 5.26 Å². The first-order valence-corrected chi connectivity index (χ1v) is 17.2. The van der Waals surface area contributed by atoms with Gasteiger partial charge in [-0.2, -0.15) is 5.26 Å². The van der Waals surface area contributed by atoms with Crippen LogP contribution in [0.3, 0.4) is 0 Å². The van der Waals surface area contributed by atoms with Crippen LogP contribution in [0, 0.1) is 17.2 Å². The molecular formula is C33H36N8O2S2. The normalized spacial score (nSPS) is 20.4. The Morgan fingerprint density at radius 1 is 0.911 bits per heavy atom. The highest BCUT2D eigenvalue weighted by atomic mass is 32.1. The number of benzene rings is 1. The zero-order chi connectivity index (χ0) is 31.0. The molecule has 45 heavy (non-hydrogen) atoms. The molecule has 3 aliphatic rings. The quantitative estimate of drug-likeness (QED) is 0.257. The van der Waals surface area contributed by atoms with E-state index in [2.05, 4.69) is 60.6 Å². The lowest BCUT2D eigenvalue weighted by atomic mass is 9.82. The smallest absolute Gasteiger partial charge is 0.230 e. The molecule has 2 amide bonds. The molecule has 3 aromatic rings. The molecule has 0 bridgehead atoms. The number of nitriles is 1. The van der Waals surface area contributed by atoms with Crippen molar-refractivity contribution in [2.45, 2.75) is 69.6 Å². The minimum absolute atomic E-state index is 0.0807. The Bertz CT molecular complexity index is 1660. The number of hydrogen-bond donors (Lipinski definition) is 3. The van der Waals surface area contributed by atoms with Gasteiger partial charge < -0.3 is 16.0 Å². The number of allylic oxidation sites excluding steroid dienone is 5. The van der Waals surface area contributed by atoms with Crippen molar-refractivity contribution in [2.24, 2.45) is 5.92 Å². The largest absolute Gasteiger partial charge is 0.317 e. The van der Waals surface area contributed by atoms with E-state index in [4.69, 9.17) is 5.26 Å². The van der Waals surface area contributed by atoms with E-state index in [1.54, 1.807) is 18.2 Å².